The van der Waals surface area contributed by atoms with Crippen LogP contribution in [-0.4, -0.2) is 18.8 Å². The molecule has 1 aliphatic carbocycles. The molecule has 5 heteroatoms. The van der Waals surface area contributed by atoms with E-state index in [4.69, 9.17) is 0 Å². The minimum Gasteiger partial charge on any atom is -0.453 e. The Morgan fingerprint density at radius 1 is 1.53 bits per heavy atom. The van der Waals surface area contributed by atoms with Crippen molar-refractivity contribution in [1.29, 1.82) is 0 Å². The Kier molecular flexibility index (Phi) is 3.11. The molecular formula is C10H13F3O2. The van der Waals surface area contributed by atoms with Crippen molar-refractivity contribution >= 4 is 5.97 Å². The van der Waals surface area contributed by atoms with Crippen molar-refractivity contribution < 1.29 is 22.7 Å². The van der Waals surface area contributed by atoms with Crippen LogP contribution in [0.4, 0.5) is 13.2 Å². The van der Waals surface area contributed by atoms with E-state index < -0.39 is 18.8 Å². The van der Waals surface area contributed by atoms with Gasteiger partial charge in [0.05, 0.1) is 0 Å². The predicted molar refractivity (Wildman–Crippen MR) is 48.0 cm³/mol. The molecule has 0 radical (unpaired) electrons. The topological polar surface area (TPSA) is 26.3 Å². The van der Waals surface area contributed by atoms with Gasteiger partial charge in [-0.25, -0.2) is 4.79 Å². The molecule has 1 rings (SSSR count). The predicted octanol–water partition coefficient (Wildman–Crippen LogP) is 2.69. The van der Waals surface area contributed by atoms with E-state index in [-0.39, 0.29) is 11.3 Å². The average molecular weight is 222 g/mol. The van der Waals surface area contributed by atoms with Crippen LogP contribution in [0.1, 0.15) is 20.3 Å². The van der Waals surface area contributed by atoms with Gasteiger partial charge in [0.1, 0.15) is 0 Å². The molecule has 1 unspecified atom stereocenters. The fourth-order valence-corrected chi connectivity index (χ4v) is 1.23. The largest absolute Gasteiger partial charge is 0.453 e. The lowest BCUT2D eigenvalue weighted by molar-refractivity contribution is -0.182. The van der Waals surface area contributed by atoms with Crippen molar-refractivity contribution in [3.05, 3.63) is 12.2 Å². The van der Waals surface area contributed by atoms with E-state index in [1.165, 1.54) is 0 Å². The zero-order valence-electron chi connectivity index (χ0n) is 8.60. The summed E-state index contributed by atoms with van der Waals surface area (Å²) in [7, 11) is 0. The second-order valence-electron chi connectivity index (χ2n) is 4.38. The first-order valence-electron chi connectivity index (χ1n) is 4.62. The SMILES string of the molecule is CC1(C)CC1C=CC(=O)OCC(F)(F)F. The minimum absolute atomic E-state index is 0.167. The number of esters is 1. The maximum absolute atomic E-state index is 11.6. The highest BCUT2D eigenvalue weighted by atomic mass is 19.4. The summed E-state index contributed by atoms with van der Waals surface area (Å²) in [6.07, 6.45) is -0.817. The molecule has 0 aromatic rings. The lowest BCUT2D eigenvalue weighted by Crippen LogP contribution is -2.19. The number of alkyl halides is 3. The van der Waals surface area contributed by atoms with Gasteiger partial charge in [0.2, 0.25) is 0 Å². The Bertz CT molecular complexity index is 279. The summed E-state index contributed by atoms with van der Waals surface area (Å²) in [5.41, 5.74) is 0.167. The lowest BCUT2D eigenvalue weighted by atomic mass is 10.1. The van der Waals surface area contributed by atoms with Gasteiger partial charge in [-0.3, -0.25) is 0 Å². The molecule has 2 nitrogen and oxygen atoms in total. The van der Waals surface area contributed by atoms with Crippen LogP contribution < -0.4 is 0 Å². The van der Waals surface area contributed by atoms with Gasteiger partial charge < -0.3 is 4.74 Å². The second-order valence-corrected chi connectivity index (χ2v) is 4.38. The first kappa shape index (κ1) is 12.1. The molecule has 0 amide bonds. The smallest absolute Gasteiger partial charge is 0.422 e. The first-order chi connectivity index (χ1) is 6.71. The Morgan fingerprint density at radius 3 is 2.47 bits per heavy atom. The van der Waals surface area contributed by atoms with Gasteiger partial charge in [-0.05, 0) is 17.8 Å². The van der Waals surface area contributed by atoms with Crippen LogP contribution in [0.3, 0.4) is 0 Å². The van der Waals surface area contributed by atoms with E-state index in [9.17, 15) is 18.0 Å². The number of halogens is 3. The van der Waals surface area contributed by atoms with E-state index in [1.807, 2.05) is 13.8 Å². The number of hydrogen-bond acceptors (Lipinski definition) is 2. The normalized spacial score (nSPS) is 24.2. The van der Waals surface area contributed by atoms with Gasteiger partial charge in [0.15, 0.2) is 6.61 Å². The van der Waals surface area contributed by atoms with Crippen LogP contribution in [0.15, 0.2) is 12.2 Å². The summed E-state index contributed by atoms with van der Waals surface area (Å²) in [6, 6.07) is 0. The summed E-state index contributed by atoms with van der Waals surface area (Å²) in [5.74, 6) is -0.661. The van der Waals surface area contributed by atoms with Crippen LogP contribution in [0.2, 0.25) is 0 Å². The average Bonchev–Trinajstić information content (AvgIpc) is 2.66. The number of allylic oxidation sites excluding steroid dienone is 1. The van der Waals surface area contributed by atoms with Gasteiger partial charge in [-0.2, -0.15) is 13.2 Å². The van der Waals surface area contributed by atoms with E-state index >= 15 is 0 Å². The Balaban J connectivity index is 2.25. The van der Waals surface area contributed by atoms with E-state index in [0.29, 0.717) is 0 Å². The monoisotopic (exact) mass is 222 g/mol. The molecule has 1 fully saturated rings. The number of hydrogen-bond donors (Lipinski definition) is 0. The highest BCUT2D eigenvalue weighted by Crippen LogP contribution is 2.52. The van der Waals surface area contributed by atoms with Crippen molar-refractivity contribution in [2.75, 3.05) is 6.61 Å². The number of ether oxygens (including phenoxy) is 1. The second kappa shape index (κ2) is 3.87. The van der Waals surface area contributed by atoms with Crippen molar-refractivity contribution in [1.82, 2.24) is 0 Å². The molecule has 1 aliphatic rings. The van der Waals surface area contributed by atoms with Gasteiger partial charge in [0.25, 0.3) is 0 Å². The molecule has 86 valence electrons. The molecule has 1 saturated carbocycles. The fourth-order valence-electron chi connectivity index (χ4n) is 1.23. The molecule has 0 aliphatic heterocycles. The maximum Gasteiger partial charge on any atom is 0.422 e. The van der Waals surface area contributed by atoms with Crippen molar-refractivity contribution in [2.24, 2.45) is 11.3 Å². The lowest BCUT2D eigenvalue weighted by Gasteiger charge is -2.05. The Labute approximate surface area is 86.1 Å². The molecule has 0 heterocycles. The standard InChI is InChI=1S/C10H13F3O2/c1-9(2)5-7(9)3-4-8(14)15-6-10(11,12)13/h3-4,7H,5-6H2,1-2H3. The number of rotatable bonds is 3. The Hall–Kier alpha value is -1.00. The summed E-state index contributed by atoms with van der Waals surface area (Å²) >= 11 is 0. The maximum atomic E-state index is 11.6. The molecule has 0 saturated heterocycles. The number of carbonyl (C=O) groups is 1. The zero-order chi connectivity index (χ0) is 11.7. The van der Waals surface area contributed by atoms with Crippen molar-refractivity contribution in [3.8, 4) is 0 Å². The van der Waals surface area contributed by atoms with E-state index in [1.54, 1.807) is 6.08 Å². The van der Waals surface area contributed by atoms with Crippen molar-refractivity contribution in [3.63, 3.8) is 0 Å². The van der Waals surface area contributed by atoms with Gasteiger partial charge in [-0.1, -0.05) is 19.9 Å². The van der Waals surface area contributed by atoms with Gasteiger partial charge >= 0.3 is 12.1 Å². The first-order valence-corrected chi connectivity index (χ1v) is 4.62. The third kappa shape index (κ3) is 4.36. The van der Waals surface area contributed by atoms with Crippen LogP contribution in [-0.2, 0) is 9.53 Å². The summed E-state index contributed by atoms with van der Waals surface area (Å²) in [5, 5.41) is 0. The molecule has 0 aromatic heterocycles. The number of carbonyl (C=O) groups excluding carboxylic acids is 1. The van der Waals surface area contributed by atoms with Crippen LogP contribution >= 0.6 is 0 Å². The summed E-state index contributed by atoms with van der Waals surface area (Å²) in [6.45, 7) is 2.54. The molecule has 0 aromatic carbocycles. The molecule has 0 bridgehead atoms. The van der Waals surface area contributed by atoms with E-state index in [2.05, 4.69) is 4.74 Å². The Morgan fingerprint density at radius 2 is 2.07 bits per heavy atom. The highest BCUT2D eigenvalue weighted by Gasteiger charge is 2.43. The van der Waals surface area contributed by atoms with Gasteiger partial charge in [0, 0.05) is 6.08 Å². The summed E-state index contributed by atoms with van der Waals surface area (Å²) in [4.78, 5) is 10.8. The third-order valence-corrected chi connectivity index (χ3v) is 2.43. The van der Waals surface area contributed by atoms with E-state index in [0.717, 1.165) is 12.5 Å². The molecule has 0 N–H and O–H groups in total. The molecule has 0 spiro atoms. The molecular weight excluding hydrogens is 209 g/mol. The molecule has 1 atom stereocenters. The van der Waals surface area contributed by atoms with Crippen molar-refractivity contribution in [2.45, 2.75) is 26.4 Å². The molecule has 15 heavy (non-hydrogen) atoms. The highest BCUT2D eigenvalue weighted by molar-refractivity contribution is 5.82. The minimum atomic E-state index is -4.46. The zero-order valence-corrected chi connectivity index (χ0v) is 8.60. The third-order valence-electron chi connectivity index (χ3n) is 2.43. The van der Waals surface area contributed by atoms with Gasteiger partial charge in [-0.15, -0.1) is 0 Å². The fraction of sp³-hybridized carbons (Fsp3) is 0.700. The summed E-state index contributed by atoms with van der Waals surface area (Å²) < 4.78 is 38.9. The van der Waals surface area contributed by atoms with Crippen LogP contribution in [0.5, 0.6) is 0 Å². The quantitative estimate of drug-likeness (QED) is 0.542. The van der Waals surface area contributed by atoms with Crippen LogP contribution in [0.25, 0.3) is 0 Å². The van der Waals surface area contributed by atoms with Crippen LogP contribution in [0, 0.1) is 11.3 Å².